The van der Waals surface area contributed by atoms with Crippen LogP contribution >= 0.6 is 0 Å². The summed E-state index contributed by atoms with van der Waals surface area (Å²) < 4.78 is 11.8. The molecule has 0 atom stereocenters. The number of hydrogen-bond donors (Lipinski definition) is 1. The molecule has 2 heterocycles. The molecule has 2 aromatic rings. The molecule has 0 unspecified atom stereocenters. The fourth-order valence-electron chi connectivity index (χ4n) is 1.60. The summed E-state index contributed by atoms with van der Waals surface area (Å²) in [5.41, 5.74) is 0.869. The van der Waals surface area contributed by atoms with Crippen molar-refractivity contribution in [3.63, 3.8) is 0 Å². The lowest BCUT2D eigenvalue weighted by Gasteiger charge is -1.99. The highest BCUT2D eigenvalue weighted by Gasteiger charge is 2.11. The molecule has 0 aliphatic carbocycles. The number of methoxy groups -OCH3 is 1. The Kier molecular flexibility index (Phi) is 5.19. The van der Waals surface area contributed by atoms with Gasteiger partial charge in [0, 0.05) is 26.1 Å². The molecule has 8 nitrogen and oxygen atoms in total. The highest BCUT2D eigenvalue weighted by molar-refractivity contribution is 4.95. The third-order valence-corrected chi connectivity index (χ3v) is 2.66. The Bertz CT molecular complexity index is 522. The summed E-state index contributed by atoms with van der Waals surface area (Å²) in [6.07, 6.45) is 1.87. The van der Waals surface area contributed by atoms with Gasteiger partial charge in [0.25, 0.3) is 0 Å². The molecular formula is C12H20N6O2. The van der Waals surface area contributed by atoms with Crippen molar-refractivity contribution >= 4 is 0 Å². The Labute approximate surface area is 117 Å². The predicted molar refractivity (Wildman–Crippen MR) is 71.1 cm³/mol. The van der Waals surface area contributed by atoms with Gasteiger partial charge in [-0.25, -0.2) is 4.68 Å². The van der Waals surface area contributed by atoms with E-state index in [-0.39, 0.29) is 5.92 Å². The van der Waals surface area contributed by atoms with Gasteiger partial charge >= 0.3 is 0 Å². The van der Waals surface area contributed by atoms with E-state index in [2.05, 4.69) is 25.8 Å². The van der Waals surface area contributed by atoms with Gasteiger partial charge in [0.05, 0.1) is 18.5 Å². The molecule has 1 N–H and O–H groups in total. The molecule has 0 amide bonds. The fourth-order valence-corrected chi connectivity index (χ4v) is 1.60. The third kappa shape index (κ3) is 4.10. The first kappa shape index (κ1) is 14.6. The van der Waals surface area contributed by atoms with Crippen LogP contribution in [0.1, 0.15) is 37.2 Å². The van der Waals surface area contributed by atoms with Crippen molar-refractivity contribution in [2.24, 2.45) is 0 Å². The molecule has 0 radical (unpaired) electrons. The molecule has 0 aliphatic rings. The minimum Gasteiger partial charge on any atom is -0.383 e. The van der Waals surface area contributed by atoms with Gasteiger partial charge in [0.2, 0.25) is 5.89 Å². The van der Waals surface area contributed by atoms with Gasteiger partial charge in [0.15, 0.2) is 5.82 Å². The topological polar surface area (TPSA) is 90.9 Å². The maximum Gasteiger partial charge on any atom is 0.229 e. The first-order chi connectivity index (χ1) is 9.69. The van der Waals surface area contributed by atoms with Gasteiger partial charge in [0.1, 0.15) is 6.54 Å². The van der Waals surface area contributed by atoms with Crippen LogP contribution in [0.5, 0.6) is 0 Å². The van der Waals surface area contributed by atoms with E-state index in [9.17, 15) is 0 Å². The van der Waals surface area contributed by atoms with Crippen LogP contribution in [0.4, 0.5) is 0 Å². The molecule has 0 aliphatic heterocycles. The lowest BCUT2D eigenvalue weighted by Crippen LogP contribution is -2.18. The zero-order valence-corrected chi connectivity index (χ0v) is 12.0. The SMILES string of the molecule is COCCNCc1cn(Cc2noc(C(C)C)n2)nn1. The normalized spacial score (nSPS) is 11.4. The molecule has 0 saturated carbocycles. The Hall–Kier alpha value is -1.80. The average Bonchev–Trinajstić information content (AvgIpc) is 3.05. The number of aromatic nitrogens is 5. The van der Waals surface area contributed by atoms with Crippen molar-refractivity contribution < 1.29 is 9.26 Å². The maximum atomic E-state index is 5.15. The highest BCUT2D eigenvalue weighted by atomic mass is 16.5. The lowest BCUT2D eigenvalue weighted by molar-refractivity contribution is 0.199. The summed E-state index contributed by atoms with van der Waals surface area (Å²) in [6.45, 7) is 6.60. The number of nitrogens with zero attached hydrogens (tertiary/aromatic N) is 5. The van der Waals surface area contributed by atoms with Gasteiger partial charge in [-0.3, -0.25) is 0 Å². The molecule has 0 fully saturated rings. The van der Waals surface area contributed by atoms with Crippen molar-refractivity contribution in [2.45, 2.75) is 32.9 Å². The van der Waals surface area contributed by atoms with Gasteiger partial charge < -0.3 is 14.6 Å². The highest BCUT2D eigenvalue weighted by Crippen LogP contribution is 2.11. The summed E-state index contributed by atoms with van der Waals surface area (Å²) in [7, 11) is 1.67. The van der Waals surface area contributed by atoms with Gasteiger partial charge in [-0.2, -0.15) is 4.98 Å². The van der Waals surface area contributed by atoms with Crippen LogP contribution < -0.4 is 5.32 Å². The van der Waals surface area contributed by atoms with Gasteiger partial charge in [-0.05, 0) is 0 Å². The van der Waals surface area contributed by atoms with E-state index in [1.165, 1.54) is 0 Å². The fraction of sp³-hybridized carbons (Fsp3) is 0.667. The van der Waals surface area contributed by atoms with E-state index in [4.69, 9.17) is 9.26 Å². The van der Waals surface area contributed by atoms with Crippen molar-refractivity contribution in [3.8, 4) is 0 Å². The number of ether oxygens (including phenoxy) is 1. The second-order valence-electron chi connectivity index (χ2n) is 4.78. The summed E-state index contributed by atoms with van der Waals surface area (Å²) in [5.74, 6) is 1.48. The summed E-state index contributed by atoms with van der Waals surface area (Å²) in [4.78, 5) is 4.30. The average molecular weight is 280 g/mol. The summed E-state index contributed by atoms with van der Waals surface area (Å²) in [6, 6.07) is 0. The molecule has 8 heteroatoms. The minimum atomic E-state index is 0.229. The van der Waals surface area contributed by atoms with Crippen molar-refractivity contribution in [1.82, 2.24) is 30.5 Å². The molecule has 110 valence electrons. The molecule has 20 heavy (non-hydrogen) atoms. The van der Waals surface area contributed by atoms with Gasteiger partial charge in [-0.1, -0.05) is 24.2 Å². The van der Waals surface area contributed by atoms with E-state index in [0.717, 1.165) is 12.2 Å². The third-order valence-electron chi connectivity index (χ3n) is 2.66. The molecule has 0 aromatic carbocycles. The lowest BCUT2D eigenvalue weighted by atomic mass is 10.2. The summed E-state index contributed by atoms with van der Waals surface area (Å²) in [5, 5.41) is 15.2. The quantitative estimate of drug-likeness (QED) is 0.707. The molecule has 2 aromatic heterocycles. The Morgan fingerprint density at radius 3 is 3.00 bits per heavy atom. The summed E-state index contributed by atoms with van der Waals surface area (Å²) >= 11 is 0. The van der Waals surface area contributed by atoms with Crippen LogP contribution in [0.15, 0.2) is 10.7 Å². The van der Waals surface area contributed by atoms with Crippen LogP contribution in [0.2, 0.25) is 0 Å². The first-order valence-corrected chi connectivity index (χ1v) is 6.60. The van der Waals surface area contributed by atoms with Crippen LogP contribution in [-0.2, 0) is 17.8 Å². The molecule has 0 spiro atoms. The molecule has 0 saturated heterocycles. The van der Waals surface area contributed by atoms with Crippen LogP contribution in [-0.4, -0.2) is 45.4 Å². The van der Waals surface area contributed by atoms with E-state index in [1.807, 2.05) is 20.0 Å². The number of rotatable bonds is 8. The second-order valence-corrected chi connectivity index (χ2v) is 4.78. The minimum absolute atomic E-state index is 0.229. The van der Waals surface area contributed by atoms with E-state index in [0.29, 0.717) is 31.4 Å². The molecule has 2 rings (SSSR count). The van der Waals surface area contributed by atoms with Crippen molar-refractivity contribution in [2.75, 3.05) is 20.3 Å². The van der Waals surface area contributed by atoms with E-state index < -0.39 is 0 Å². The Morgan fingerprint density at radius 2 is 2.30 bits per heavy atom. The van der Waals surface area contributed by atoms with Crippen molar-refractivity contribution in [1.29, 1.82) is 0 Å². The van der Waals surface area contributed by atoms with Crippen molar-refractivity contribution in [3.05, 3.63) is 23.6 Å². The maximum absolute atomic E-state index is 5.15. The Morgan fingerprint density at radius 1 is 1.45 bits per heavy atom. The number of hydrogen-bond acceptors (Lipinski definition) is 7. The van der Waals surface area contributed by atoms with Gasteiger partial charge in [-0.15, -0.1) is 5.10 Å². The zero-order chi connectivity index (χ0) is 14.4. The number of nitrogens with one attached hydrogen (secondary N) is 1. The largest absolute Gasteiger partial charge is 0.383 e. The van der Waals surface area contributed by atoms with E-state index >= 15 is 0 Å². The van der Waals surface area contributed by atoms with E-state index in [1.54, 1.807) is 11.8 Å². The second kappa shape index (κ2) is 7.11. The first-order valence-electron chi connectivity index (χ1n) is 6.60. The monoisotopic (exact) mass is 280 g/mol. The predicted octanol–water partition coefficient (Wildman–Crippen LogP) is 0.569. The molecular weight excluding hydrogens is 260 g/mol. The van der Waals surface area contributed by atoms with Crippen LogP contribution in [0, 0.1) is 0 Å². The standard InChI is InChI=1S/C12H20N6O2/c1-9(2)12-14-11(16-20-12)8-18-7-10(15-17-18)6-13-4-5-19-3/h7,9,13H,4-6,8H2,1-3H3. The molecule has 0 bridgehead atoms. The van der Waals surface area contributed by atoms with Crippen LogP contribution in [0.25, 0.3) is 0 Å². The zero-order valence-electron chi connectivity index (χ0n) is 12.0. The Balaban J connectivity index is 1.85. The smallest absolute Gasteiger partial charge is 0.229 e. The van der Waals surface area contributed by atoms with Crippen LogP contribution in [0.3, 0.4) is 0 Å².